The molecular formula is C18H18N2O6. The number of nitrogens with zero attached hydrogens (tertiary/aromatic N) is 2. The first-order valence-electron chi connectivity index (χ1n) is 7.83. The maximum absolute atomic E-state index is 12.5. The third-order valence-electron chi connectivity index (χ3n) is 3.77. The van der Waals surface area contributed by atoms with Crippen LogP contribution in [0.15, 0.2) is 24.3 Å². The van der Waals surface area contributed by atoms with Crippen LogP contribution < -0.4 is 0 Å². The summed E-state index contributed by atoms with van der Waals surface area (Å²) in [6.07, 6.45) is 0. The van der Waals surface area contributed by atoms with Crippen molar-refractivity contribution in [3.63, 3.8) is 0 Å². The predicted octanol–water partition coefficient (Wildman–Crippen LogP) is 3.24. The van der Waals surface area contributed by atoms with Crippen molar-refractivity contribution in [1.29, 1.82) is 0 Å². The van der Waals surface area contributed by atoms with Crippen molar-refractivity contribution >= 4 is 17.6 Å². The van der Waals surface area contributed by atoms with Crippen LogP contribution in [0.25, 0.3) is 11.1 Å². The molecule has 1 aromatic carbocycles. The van der Waals surface area contributed by atoms with Crippen molar-refractivity contribution in [2.45, 2.75) is 20.8 Å². The molecule has 0 spiro atoms. The Morgan fingerprint density at radius 1 is 1.15 bits per heavy atom. The topological polar surface area (TPSA) is 109 Å². The molecule has 8 heteroatoms. The lowest BCUT2D eigenvalue weighted by atomic mass is 9.92. The lowest BCUT2D eigenvalue weighted by Crippen LogP contribution is -2.16. The van der Waals surface area contributed by atoms with Crippen LogP contribution in [0.1, 0.15) is 39.0 Å². The molecule has 1 heterocycles. The van der Waals surface area contributed by atoms with E-state index in [9.17, 15) is 19.7 Å². The van der Waals surface area contributed by atoms with Crippen molar-refractivity contribution in [1.82, 2.24) is 4.98 Å². The second-order valence-electron chi connectivity index (χ2n) is 5.43. The fourth-order valence-corrected chi connectivity index (χ4v) is 2.72. The molecule has 0 bridgehead atoms. The molecule has 26 heavy (non-hydrogen) atoms. The summed E-state index contributed by atoms with van der Waals surface area (Å²) in [4.78, 5) is 39.7. The molecule has 0 saturated carbocycles. The number of benzene rings is 1. The molecule has 2 aromatic rings. The number of esters is 2. The van der Waals surface area contributed by atoms with Crippen molar-refractivity contribution in [2.75, 3.05) is 13.7 Å². The number of aromatic nitrogens is 1. The molecular weight excluding hydrogens is 340 g/mol. The summed E-state index contributed by atoms with van der Waals surface area (Å²) in [5, 5.41) is 11.1. The van der Waals surface area contributed by atoms with E-state index in [1.165, 1.54) is 25.3 Å². The number of rotatable bonds is 5. The van der Waals surface area contributed by atoms with Crippen LogP contribution in [-0.2, 0) is 9.47 Å². The number of carbonyl (C=O) groups excluding carboxylic acids is 2. The van der Waals surface area contributed by atoms with Crippen LogP contribution in [0.2, 0.25) is 0 Å². The molecule has 0 aliphatic carbocycles. The Balaban J connectivity index is 2.91. The molecule has 2 rings (SSSR count). The average Bonchev–Trinajstić information content (AvgIpc) is 2.60. The van der Waals surface area contributed by atoms with Gasteiger partial charge in [0.05, 0.1) is 41.2 Å². The summed E-state index contributed by atoms with van der Waals surface area (Å²) < 4.78 is 9.92. The Hall–Kier alpha value is -3.29. The van der Waals surface area contributed by atoms with E-state index in [-0.39, 0.29) is 29.0 Å². The maximum atomic E-state index is 12.5. The lowest BCUT2D eigenvalue weighted by Gasteiger charge is -2.17. The predicted molar refractivity (Wildman–Crippen MR) is 93.1 cm³/mol. The normalized spacial score (nSPS) is 10.3. The van der Waals surface area contributed by atoms with E-state index in [2.05, 4.69) is 4.98 Å². The van der Waals surface area contributed by atoms with Gasteiger partial charge in [-0.3, -0.25) is 15.1 Å². The molecule has 0 atom stereocenters. The van der Waals surface area contributed by atoms with E-state index in [0.29, 0.717) is 17.0 Å². The molecule has 1 aromatic heterocycles. The van der Waals surface area contributed by atoms with Gasteiger partial charge in [-0.15, -0.1) is 0 Å². The van der Waals surface area contributed by atoms with Crippen LogP contribution in [0, 0.1) is 24.0 Å². The number of pyridine rings is 1. The zero-order valence-electron chi connectivity index (χ0n) is 14.9. The number of nitro groups is 1. The van der Waals surface area contributed by atoms with Crippen molar-refractivity contribution in [3.8, 4) is 11.1 Å². The van der Waals surface area contributed by atoms with Gasteiger partial charge in [-0.05, 0) is 26.3 Å². The third kappa shape index (κ3) is 3.53. The van der Waals surface area contributed by atoms with E-state index >= 15 is 0 Å². The van der Waals surface area contributed by atoms with Gasteiger partial charge >= 0.3 is 11.9 Å². The second kappa shape index (κ2) is 7.73. The molecule has 0 amide bonds. The average molecular weight is 358 g/mol. The summed E-state index contributed by atoms with van der Waals surface area (Å²) in [6.45, 7) is 5.01. The van der Waals surface area contributed by atoms with Gasteiger partial charge in [0.2, 0.25) is 0 Å². The van der Waals surface area contributed by atoms with E-state index in [1.807, 2.05) is 0 Å². The Morgan fingerprint density at radius 3 is 2.31 bits per heavy atom. The zero-order chi connectivity index (χ0) is 19.4. The fourth-order valence-electron chi connectivity index (χ4n) is 2.72. The van der Waals surface area contributed by atoms with Crippen LogP contribution in [0.3, 0.4) is 0 Å². The van der Waals surface area contributed by atoms with Crippen molar-refractivity contribution < 1.29 is 24.0 Å². The molecule has 0 aliphatic rings. The molecule has 0 radical (unpaired) electrons. The van der Waals surface area contributed by atoms with Crippen molar-refractivity contribution in [2.24, 2.45) is 0 Å². The van der Waals surface area contributed by atoms with Gasteiger partial charge in [-0.2, -0.15) is 0 Å². The van der Waals surface area contributed by atoms with Crippen LogP contribution in [0.5, 0.6) is 0 Å². The minimum Gasteiger partial charge on any atom is -0.465 e. The molecule has 0 aliphatic heterocycles. The van der Waals surface area contributed by atoms with Gasteiger partial charge in [-0.25, -0.2) is 9.59 Å². The number of hydrogen-bond donors (Lipinski definition) is 0. The quantitative estimate of drug-likeness (QED) is 0.458. The van der Waals surface area contributed by atoms with Gasteiger partial charge in [-0.1, -0.05) is 12.1 Å². The number of ether oxygens (including phenoxy) is 2. The van der Waals surface area contributed by atoms with Crippen LogP contribution in [0.4, 0.5) is 5.69 Å². The van der Waals surface area contributed by atoms with Gasteiger partial charge in [0.15, 0.2) is 0 Å². The molecule has 0 N–H and O–H groups in total. The monoisotopic (exact) mass is 358 g/mol. The number of carbonyl (C=O) groups is 2. The summed E-state index contributed by atoms with van der Waals surface area (Å²) >= 11 is 0. The summed E-state index contributed by atoms with van der Waals surface area (Å²) in [6, 6.07) is 5.68. The van der Waals surface area contributed by atoms with E-state index in [1.54, 1.807) is 26.8 Å². The molecule has 8 nitrogen and oxygen atoms in total. The van der Waals surface area contributed by atoms with Crippen LogP contribution >= 0.6 is 0 Å². The minimum atomic E-state index is -0.693. The van der Waals surface area contributed by atoms with E-state index in [0.717, 1.165) is 0 Å². The first-order valence-corrected chi connectivity index (χ1v) is 7.83. The number of nitro benzene ring substituents is 1. The highest BCUT2D eigenvalue weighted by molar-refractivity contribution is 6.07. The minimum absolute atomic E-state index is 0.0710. The Bertz CT molecular complexity index is 891. The van der Waals surface area contributed by atoms with Gasteiger partial charge in [0.1, 0.15) is 0 Å². The lowest BCUT2D eigenvalue weighted by molar-refractivity contribution is -0.384. The Labute approximate surface area is 149 Å². The number of aryl methyl sites for hydroxylation is 2. The molecule has 0 saturated heterocycles. The van der Waals surface area contributed by atoms with Gasteiger partial charge in [0.25, 0.3) is 5.69 Å². The standard InChI is InChI=1S/C18H18N2O6/c1-5-26-18(22)15-11(3)19-10(2)14(17(21)25-4)16(15)12-7-6-8-13(9-12)20(23)24/h6-9H,5H2,1-4H3. The summed E-state index contributed by atoms with van der Waals surface area (Å²) in [5.41, 5.74) is 1.24. The first-order chi connectivity index (χ1) is 12.3. The SMILES string of the molecule is CCOC(=O)c1c(C)nc(C)c(C(=O)OC)c1-c1cccc([N+](=O)[O-])c1. The van der Waals surface area contributed by atoms with E-state index < -0.39 is 16.9 Å². The smallest absolute Gasteiger partial charge is 0.340 e. The van der Waals surface area contributed by atoms with Crippen molar-refractivity contribution in [3.05, 3.63) is 56.9 Å². The number of non-ortho nitro benzene ring substituents is 1. The Morgan fingerprint density at radius 2 is 1.77 bits per heavy atom. The largest absolute Gasteiger partial charge is 0.465 e. The summed E-state index contributed by atoms with van der Waals surface area (Å²) in [7, 11) is 1.21. The molecule has 0 fully saturated rings. The highest BCUT2D eigenvalue weighted by Gasteiger charge is 2.28. The van der Waals surface area contributed by atoms with Gasteiger partial charge < -0.3 is 9.47 Å². The summed E-state index contributed by atoms with van der Waals surface area (Å²) in [5.74, 6) is -1.36. The highest BCUT2D eigenvalue weighted by Crippen LogP contribution is 2.34. The number of hydrogen-bond acceptors (Lipinski definition) is 7. The first kappa shape index (κ1) is 19.0. The van der Waals surface area contributed by atoms with E-state index in [4.69, 9.17) is 9.47 Å². The zero-order valence-corrected chi connectivity index (χ0v) is 14.9. The molecule has 0 unspecified atom stereocenters. The number of methoxy groups -OCH3 is 1. The molecule has 136 valence electrons. The highest BCUT2D eigenvalue weighted by atomic mass is 16.6. The maximum Gasteiger partial charge on any atom is 0.340 e. The van der Waals surface area contributed by atoms with Crippen LogP contribution in [-0.4, -0.2) is 35.6 Å². The van der Waals surface area contributed by atoms with Gasteiger partial charge in [0, 0.05) is 17.7 Å². The fraction of sp³-hybridized carbons (Fsp3) is 0.278. The second-order valence-corrected chi connectivity index (χ2v) is 5.43. The third-order valence-corrected chi connectivity index (χ3v) is 3.77. The Kier molecular flexibility index (Phi) is 5.66.